The lowest BCUT2D eigenvalue weighted by Gasteiger charge is -2.02. The van der Waals surface area contributed by atoms with E-state index in [1.54, 1.807) is 6.07 Å². The summed E-state index contributed by atoms with van der Waals surface area (Å²) in [6.07, 6.45) is 0. The zero-order valence-corrected chi connectivity index (χ0v) is 8.89. The number of thiocarbonyl (C=S) groups is 1. The molecule has 0 atom stereocenters. The molecule has 0 radical (unpaired) electrons. The van der Waals surface area contributed by atoms with E-state index in [4.69, 9.17) is 17.0 Å². The molecular weight excluding hydrogens is 214 g/mol. The lowest BCUT2D eigenvalue weighted by Crippen LogP contribution is -1.97. The van der Waals surface area contributed by atoms with Gasteiger partial charge in [0, 0.05) is 11.5 Å². The fourth-order valence-electron chi connectivity index (χ4n) is 1.19. The topological polar surface area (TPSA) is 22.1 Å². The van der Waals surface area contributed by atoms with Crippen molar-refractivity contribution in [1.82, 2.24) is 4.98 Å². The summed E-state index contributed by atoms with van der Waals surface area (Å²) in [6.45, 7) is 0. The SMILES string of the molecule is S=C(S)Oc1ccc2ccccc2n1. The van der Waals surface area contributed by atoms with Crippen molar-refractivity contribution in [2.75, 3.05) is 0 Å². The van der Waals surface area contributed by atoms with Gasteiger partial charge in [0.05, 0.1) is 5.52 Å². The molecular formula is C10H7NOS2. The lowest BCUT2D eigenvalue weighted by molar-refractivity contribution is 0.557. The van der Waals surface area contributed by atoms with Crippen LogP contribution < -0.4 is 4.74 Å². The molecule has 2 rings (SSSR count). The van der Waals surface area contributed by atoms with E-state index >= 15 is 0 Å². The number of benzene rings is 1. The first-order chi connectivity index (χ1) is 6.75. The Labute approximate surface area is 92.3 Å². The Morgan fingerprint density at radius 3 is 2.79 bits per heavy atom. The van der Waals surface area contributed by atoms with E-state index in [2.05, 4.69) is 17.6 Å². The van der Waals surface area contributed by atoms with Crippen molar-refractivity contribution in [1.29, 1.82) is 0 Å². The second-order valence-corrected chi connectivity index (χ2v) is 3.79. The van der Waals surface area contributed by atoms with Crippen molar-refractivity contribution in [3.8, 4) is 5.88 Å². The van der Waals surface area contributed by atoms with Gasteiger partial charge in [-0.15, -0.1) is 0 Å². The molecule has 70 valence electrons. The molecule has 0 aliphatic carbocycles. The van der Waals surface area contributed by atoms with E-state index in [0.29, 0.717) is 5.88 Å². The van der Waals surface area contributed by atoms with Crippen molar-refractivity contribution in [2.45, 2.75) is 0 Å². The number of ether oxygens (including phenoxy) is 1. The third-order valence-electron chi connectivity index (χ3n) is 1.76. The molecule has 0 N–H and O–H groups in total. The molecule has 0 aliphatic heterocycles. The maximum absolute atomic E-state index is 5.11. The summed E-state index contributed by atoms with van der Waals surface area (Å²) in [7, 11) is 0. The number of hydrogen-bond donors (Lipinski definition) is 1. The van der Waals surface area contributed by atoms with Gasteiger partial charge in [0.25, 0.3) is 0 Å². The van der Waals surface area contributed by atoms with Crippen LogP contribution in [0.15, 0.2) is 36.4 Å². The van der Waals surface area contributed by atoms with Crippen LogP contribution >= 0.6 is 24.8 Å². The normalized spacial score (nSPS) is 10.1. The number of fused-ring (bicyclic) bond motifs is 1. The quantitative estimate of drug-likeness (QED) is 0.591. The molecule has 0 bridgehead atoms. The molecule has 0 aliphatic rings. The van der Waals surface area contributed by atoms with Crippen LogP contribution in [-0.2, 0) is 0 Å². The minimum absolute atomic E-state index is 0.174. The van der Waals surface area contributed by atoms with Crippen LogP contribution in [0, 0.1) is 0 Å². The van der Waals surface area contributed by atoms with E-state index in [1.807, 2.05) is 30.3 Å². The Hall–Kier alpha value is -1.13. The number of nitrogens with zero attached hydrogens (tertiary/aromatic N) is 1. The van der Waals surface area contributed by atoms with E-state index in [1.165, 1.54) is 0 Å². The maximum Gasteiger partial charge on any atom is 0.224 e. The third-order valence-corrected chi connectivity index (χ3v) is 1.94. The van der Waals surface area contributed by atoms with Gasteiger partial charge >= 0.3 is 0 Å². The monoisotopic (exact) mass is 221 g/mol. The predicted molar refractivity (Wildman–Crippen MR) is 64.0 cm³/mol. The Morgan fingerprint density at radius 2 is 2.00 bits per heavy atom. The molecule has 0 amide bonds. The van der Waals surface area contributed by atoms with Crippen LogP contribution in [0.25, 0.3) is 10.9 Å². The van der Waals surface area contributed by atoms with Crippen LogP contribution in [0.5, 0.6) is 5.88 Å². The van der Waals surface area contributed by atoms with E-state index in [0.717, 1.165) is 10.9 Å². The number of hydrogen-bond acceptors (Lipinski definition) is 3. The van der Waals surface area contributed by atoms with E-state index < -0.39 is 0 Å². The Balaban J connectivity index is 2.46. The molecule has 0 saturated carbocycles. The van der Waals surface area contributed by atoms with Gasteiger partial charge in [-0.2, -0.15) is 0 Å². The van der Waals surface area contributed by atoms with Crippen LogP contribution in [0.4, 0.5) is 0 Å². The summed E-state index contributed by atoms with van der Waals surface area (Å²) in [5.41, 5.74) is 0.884. The Kier molecular flexibility index (Phi) is 2.65. The van der Waals surface area contributed by atoms with Crippen molar-refractivity contribution < 1.29 is 4.74 Å². The van der Waals surface area contributed by atoms with Crippen molar-refractivity contribution >= 4 is 40.1 Å². The maximum atomic E-state index is 5.11. The van der Waals surface area contributed by atoms with Gasteiger partial charge < -0.3 is 4.74 Å². The molecule has 0 spiro atoms. The van der Waals surface area contributed by atoms with Crippen LogP contribution in [0.2, 0.25) is 0 Å². The van der Waals surface area contributed by atoms with Gasteiger partial charge in [0.1, 0.15) is 0 Å². The van der Waals surface area contributed by atoms with Gasteiger partial charge in [-0.3, -0.25) is 0 Å². The number of para-hydroxylation sites is 1. The van der Waals surface area contributed by atoms with Crippen LogP contribution in [0.3, 0.4) is 0 Å². The average Bonchev–Trinajstić information content (AvgIpc) is 2.17. The van der Waals surface area contributed by atoms with Crippen LogP contribution in [-0.4, -0.2) is 9.37 Å². The largest absolute Gasteiger partial charge is 0.422 e. The summed E-state index contributed by atoms with van der Waals surface area (Å²) in [4.78, 5) is 4.26. The first-order valence-electron chi connectivity index (χ1n) is 4.02. The second kappa shape index (κ2) is 3.94. The summed E-state index contributed by atoms with van der Waals surface area (Å²) in [5, 5.41) is 1.07. The Bertz CT molecular complexity index is 484. The van der Waals surface area contributed by atoms with Gasteiger partial charge in [0.15, 0.2) is 0 Å². The molecule has 2 nitrogen and oxygen atoms in total. The van der Waals surface area contributed by atoms with Gasteiger partial charge in [-0.1, -0.05) is 30.8 Å². The van der Waals surface area contributed by atoms with Crippen molar-refractivity contribution in [3.63, 3.8) is 0 Å². The first-order valence-corrected chi connectivity index (χ1v) is 4.88. The summed E-state index contributed by atoms with van der Waals surface area (Å²) < 4.78 is 5.28. The summed E-state index contributed by atoms with van der Waals surface area (Å²) >= 11 is 8.58. The third kappa shape index (κ3) is 2.02. The summed E-state index contributed by atoms with van der Waals surface area (Å²) in [5.74, 6) is 0.476. The smallest absolute Gasteiger partial charge is 0.224 e. The molecule has 1 aromatic heterocycles. The number of pyridine rings is 1. The predicted octanol–water partition coefficient (Wildman–Crippen LogP) is 2.83. The first kappa shape index (κ1) is 9.43. The zero-order chi connectivity index (χ0) is 9.97. The second-order valence-electron chi connectivity index (χ2n) is 2.71. The van der Waals surface area contributed by atoms with Gasteiger partial charge in [-0.05, 0) is 24.4 Å². The number of thiol groups is 1. The fraction of sp³-hybridized carbons (Fsp3) is 0. The highest BCUT2D eigenvalue weighted by Gasteiger charge is 1.99. The van der Waals surface area contributed by atoms with Gasteiger partial charge in [0.2, 0.25) is 10.3 Å². The molecule has 4 heteroatoms. The van der Waals surface area contributed by atoms with Gasteiger partial charge in [-0.25, -0.2) is 4.98 Å². The molecule has 0 saturated heterocycles. The molecule has 2 aromatic rings. The van der Waals surface area contributed by atoms with Crippen LogP contribution in [0.1, 0.15) is 0 Å². The highest BCUT2D eigenvalue weighted by molar-refractivity contribution is 8.10. The molecule has 14 heavy (non-hydrogen) atoms. The van der Waals surface area contributed by atoms with Crippen molar-refractivity contribution in [3.05, 3.63) is 36.4 Å². The average molecular weight is 221 g/mol. The lowest BCUT2D eigenvalue weighted by atomic mass is 10.2. The highest BCUT2D eigenvalue weighted by Crippen LogP contribution is 2.16. The molecule has 1 aromatic carbocycles. The molecule has 0 fully saturated rings. The highest BCUT2D eigenvalue weighted by atomic mass is 32.1. The van der Waals surface area contributed by atoms with E-state index in [9.17, 15) is 0 Å². The number of rotatable bonds is 1. The minimum atomic E-state index is 0.174. The Morgan fingerprint density at radius 1 is 1.21 bits per heavy atom. The number of aromatic nitrogens is 1. The molecule has 1 heterocycles. The summed E-state index contributed by atoms with van der Waals surface area (Å²) in [6, 6.07) is 11.5. The van der Waals surface area contributed by atoms with E-state index in [-0.39, 0.29) is 4.38 Å². The minimum Gasteiger partial charge on any atom is -0.422 e. The fourth-order valence-corrected chi connectivity index (χ4v) is 1.37. The standard InChI is InChI=1S/C10H7NOS2/c13-10(14)12-9-6-5-7-3-1-2-4-8(7)11-9/h1-6H,(H,13,14). The van der Waals surface area contributed by atoms with Crippen molar-refractivity contribution in [2.24, 2.45) is 0 Å². The zero-order valence-electron chi connectivity index (χ0n) is 7.18. The molecule has 0 unspecified atom stereocenters.